The molecule has 2 heteroatoms. The first-order chi connectivity index (χ1) is 5.80. The second-order valence-corrected chi connectivity index (χ2v) is 4.70. The Bertz CT molecular complexity index is 167. The molecule has 78 valence electrons. The van der Waals surface area contributed by atoms with Crippen LogP contribution in [0.1, 0.15) is 41.5 Å². The Morgan fingerprint density at radius 2 is 1.77 bits per heavy atom. The zero-order valence-corrected chi connectivity index (χ0v) is 9.68. The molecule has 0 rings (SSSR count). The third kappa shape index (κ3) is 3.79. The van der Waals surface area contributed by atoms with Crippen molar-refractivity contribution < 1.29 is 9.53 Å². The van der Waals surface area contributed by atoms with E-state index in [1.54, 1.807) is 0 Å². The van der Waals surface area contributed by atoms with Gasteiger partial charge in [0.2, 0.25) is 0 Å². The van der Waals surface area contributed by atoms with Gasteiger partial charge >= 0.3 is 5.97 Å². The fraction of sp³-hybridized carbons (Fsp3) is 0.909. The largest absolute Gasteiger partial charge is 0.466 e. The minimum absolute atomic E-state index is 0.0139. The maximum absolute atomic E-state index is 11.4. The SMILES string of the molecule is CCOC(=O)C(C)[C@H](C)C(C)(C)C. The summed E-state index contributed by atoms with van der Waals surface area (Å²) in [5, 5.41) is 0. The lowest BCUT2D eigenvalue weighted by Gasteiger charge is -2.31. The first-order valence-corrected chi connectivity index (χ1v) is 4.97. The van der Waals surface area contributed by atoms with Gasteiger partial charge in [-0.3, -0.25) is 4.79 Å². The molecule has 0 fully saturated rings. The molecule has 0 aliphatic rings. The smallest absolute Gasteiger partial charge is 0.308 e. The molecule has 2 atom stereocenters. The van der Waals surface area contributed by atoms with E-state index in [0.717, 1.165) is 0 Å². The van der Waals surface area contributed by atoms with E-state index in [1.807, 2.05) is 13.8 Å². The average molecular weight is 186 g/mol. The van der Waals surface area contributed by atoms with Crippen LogP contribution in [-0.4, -0.2) is 12.6 Å². The molecule has 0 aromatic rings. The molecule has 0 amide bonds. The summed E-state index contributed by atoms with van der Waals surface area (Å²) in [5.41, 5.74) is 0.159. The summed E-state index contributed by atoms with van der Waals surface area (Å²) in [6.45, 7) is 12.8. The van der Waals surface area contributed by atoms with Crippen LogP contribution in [0, 0.1) is 17.3 Å². The van der Waals surface area contributed by atoms with Crippen LogP contribution in [0.25, 0.3) is 0 Å². The third-order valence-corrected chi connectivity index (χ3v) is 2.77. The molecule has 0 saturated carbocycles. The molecule has 0 bridgehead atoms. The van der Waals surface area contributed by atoms with E-state index in [9.17, 15) is 4.79 Å². The van der Waals surface area contributed by atoms with Gasteiger partial charge in [0.05, 0.1) is 12.5 Å². The highest BCUT2D eigenvalue weighted by atomic mass is 16.5. The predicted octanol–water partition coefficient (Wildman–Crippen LogP) is 2.87. The van der Waals surface area contributed by atoms with Crippen LogP contribution in [0.15, 0.2) is 0 Å². The molecule has 13 heavy (non-hydrogen) atoms. The van der Waals surface area contributed by atoms with Crippen molar-refractivity contribution >= 4 is 5.97 Å². The van der Waals surface area contributed by atoms with Gasteiger partial charge in [0.25, 0.3) is 0 Å². The zero-order valence-electron chi connectivity index (χ0n) is 9.68. The number of hydrogen-bond acceptors (Lipinski definition) is 2. The minimum atomic E-state index is -0.0788. The Hall–Kier alpha value is -0.530. The van der Waals surface area contributed by atoms with E-state index in [1.165, 1.54) is 0 Å². The molecule has 0 saturated heterocycles. The number of carbonyl (C=O) groups is 1. The lowest BCUT2D eigenvalue weighted by Crippen LogP contribution is -2.30. The maximum Gasteiger partial charge on any atom is 0.308 e. The van der Waals surface area contributed by atoms with Gasteiger partial charge in [-0.25, -0.2) is 0 Å². The molecule has 0 spiro atoms. The van der Waals surface area contributed by atoms with Crippen LogP contribution >= 0.6 is 0 Å². The summed E-state index contributed by atoms with van der Waals surface area (Å²) in [6, 6.07) is 0. The summed E-state index contributed by atoms with van der Waals surface area (Å²) in [6.07, 6.45) is 0. The fourth-order valence-corrected chi connectivity index (χ4v) is 1.23. The first-order valence-electron chi connectivity index (χ1n) is 4.97. The van der Waals surface area contributed by atoms with Gasteiger partial charge in [-0.15, -0.1) is 0 Å². The predicted molar refractivity (Wildman–Crippen MR) is 54.4 cm³/mol. The topological polar surface area (TPSA) is 26.3 Å². The van der Waals surface area contributed by atoms with Gasteiger partial charge in [0.15, 0.2) is 0 Å². The highest BCUT2D eigenvalue weighted by Gasteiger charge is 2.30. The second kappa shape index (κ2) is 4.64. The summed E-state index contributed by atoms with van der Waals surface area (Å²) >= 11 is 0. The molecule has 0 aliphatic carbocycles. The lowest BCUT2D eigenvalue weighted by atomic mass is 9.75. The van der Waals surface area contributed by atoms with Gasteiger partial charge in [-0.05, 0) is 18.3 Å². The van der Waals surface area contributed by atoms with Gasteiger partial charge in [0.1, 0.15) is 0 Å². The molecule has 0 N–H and O–H groups in total. The van der Waals surface area contributed by atoms with E-state index in [2.05, 4.69) is 27.7 Å². The van der Waals surface area contributed by atoms with Crippen molar-refractivity contribution in [3.63, 3.8) is 0 Å². The number of hydrogen-bond donors (Lipinski definition) is 0. The Morgan fingerprint density at radius 3 is 2.08 bits per heavy atom. The van der Waals surface area contributed by atoms with Crippen molar-refractivity contribution in [3.8, 4) is 0 Å². The Balaban J connectivity index is 4.25. The average Bonchev–Trinajstić information content (AvgIpc) is 2.00. The number of ether oxygens (including phenoxy) is 1. The van der Waals surface area contributed by atoms with Crippen LogP contribution in [0.2, 0.25) is 0 Å². The monoisotopic (exact) mass is 186 g/mol. The molecule has 0 heterocycles. The van der Waals surface area contributed by atoms with Crippen LogP contribution in [0.4, 0.5) is 0 Å². The molecule has 0 aliphatic heterocycles. The molecule has 0 aromatic heterocycles. The molecule has 2 nitrogen and oxygen atoms in total. The van der Waals surface area contributed by atoms with Crippen molar-refractivity contribution in [1.82, 2.24) is 0 Å². The van der Waals surface area contributed by atoms with E-state index in [-0.39, 0.29) is 17.3 Å². The first kappa shape index (κ1) is 12.5. The number of rotatable bonds is 3. The molecule has 1 unspecified atom stereocenters. The molecule has 0 radical (unpaired) electrons. The second-order valence-electron chi connectivity index (χ2n) is 4.70. The summed E-state index contributed by atoms with van der Waals surface area (Å²) < 4.78 is 4.98. The van der Waals surface area contributed by atoms with Gasteiger partial charge in [0, 0.05) is 0 Å². The Morgan fingerprint density at radius 1 is 1.31 bits per heavy atom. The lowest BCUT2D eigenvalue weighted by molar-refractivity contribution is -0.150. The maximum atomic E-state index is 11.4. The van der Waals surface area contributed by atoms with Crippen molar-refractivity contribution in [2.24, 2.45) is 17.3 Å². The van der Waals surface area contributed by atoms with Crippen LogP contribution in [-0.2, 0) is 9.53 Å². The van der Waals surface area contributed by atoms with Crippen molar-refractivity contribution in [3.05, 3.63) is 0 Å². The Kier molecular flexibility index (Phi) is 4.45. The van der Waals surface area contributed by atoms with Gasteiger partial charge in [-0.2, -0.15) is 0 Å². The number of esters is 1. The normalized spacial score (nSPS) is 16.5. The standard InChI is InChI=1S/C11H22O2/c1-7-13-10(12)8(2)9(3)11(4,5)6/h8-9H,7H2,1-6H3/t8?,9-/m0/s1. The van der Waals surface area contributed by atoms with Crippen molar-refractivity contribution in [2.75, 3.05) is 6.61 Å². The van der Waals surface area contributed by atoms with Crippen molar-refractivity contribution in [2.45, 2.75) is 41.5 Å². The van der Waals surface area contributed by atoms with E-state index >= 15 is 0 Å². The quantitative estimate of drug-likeness (QED) is 0.633. The summed E-state index contributed by atoms with van der Waals surface area (Å²) in [5.74, 6) is 0.247. The van der Waals surface area contributed by atoms with E-state index in [4.69, 9.17) is 4.74 Å². The highest BCUT2D eigenvalue weighted by Crippen LogP contribution is 2.31. The third-order valence-electron chi connectivity index (χ3n) is 2.77. The van der Waals surface area contributed by atoms with Crippen LogP contribution in [0.3, 0.4) is 0 Å². The minimum Gasteiger partial charge on any atom is -0.466 e. The zero-order chi connectivity index (χ0) is 10.6. The van der Waals surface area contributed by atoms with Gasteiger partial charge < -0.3 is 4.74 Å². The summed E-state index contributed by atoms with van der Waals surface area (Å²) in [4.78, 5) is 11.4. The van der Waals surface area contributed by atoms with Gasteiger partial charge in [-0.1, -0.05) is 34.6 Å². The number of carbonyl (C=O) groups excluding carboxylic acids is 1. The molecule has 0 aromatic carbocycles. The highest BCUT2D eigenvalue weighted by molar-refractivity contribution is 5.72. The van der Waals surface area contributed by atoms with E-state index < -0.39 is 0 Å². The van der Waals surface area contributed by atoms with Crippen LogP contribution in [0.5, 0.6) is 0 Å². The van der Waals surface area contributed by atoms with Crippen molar-refractivity contribution in [1.29, 1.82) is 0 Å². The van der Waals surface area contributed by atoms with E-state index in [0.29, 0.717) is 12.5 Å². The fourth-order valence-electron chi connectivity index (χ4n) is 1.23. The van der Waals surface area contributed by atoms with Crippen LogP contribution < -0.4 is 0 Å². The molecular weight excluding hydrogens is 164 g/mol. The summed E-state index contributed by atoms with van der Waals surface area (Å²) in [7, 11) is 0. The Labute approximate surface area is 81.7 Å². The molecular formula is C11H22O2.